The van der Waals surface area contributed by atoms with E-state index in [1.807, 2.05) is 0 Å². The molecule has 0 amide bonds. The highest BCUT2D eigenvalue weighted by Gasteiger charge is 2.17. The topological polar surface area (TPSA) is 64.1 Å². The fraction of sp³-hybridized carbons (Fsp3) is 0.696. The Morgan fingerprint density at radius 1 is 1.17 bits per heavy atom. The van der Waals surface area contributed by atoms with Gasteiger partial charge in [-0.3, -0.25) is 4.99 Å². The largest absolute Gasteiger partial charge is 0.491 e. The summed E-state index contributed by atoms with van der Waals surface area (Å²) in [5.41, 5.74) is 2.32. The van der Waals surface area contributed by atoms with Crippen molar-refractivity contribution in [1.82, 2.24) is 10.6 Å². The lowest BCUT2D eigenvalue weighted by atomic mass is 10.1. The Labute approximate surface area is 175 Å². The van der Waals surface area contributed by atoms with Gasteiger partial charge in [-0.2, -0.15) is 0 Å². The second-order valence-corrected chi connectivity index (χ2v) is 8.04. The molecule has 0 aromatic heterocycles. The maximum absolute atomic E-state index is 6.09. The minimum absolute atomic E-state index is 0.220. The van der Waals surface area contributed by atoms with Crippen LogP contribution < -0.4 is 15.4 Å². The number of rotatable bonds is 10. The van der Waals surface area contributed by atoms with Crippen LogP contribution in [0.15, 0.2) is 23.2 Å². The van der Waals surface area contributed by atoms with Gasteiger partial charge in [-0.1, -0.05) is 25.0 Å². The van der Waals surface area contributed by atoms with Crippen LogP contribution in [0.5, 0.6) is 5.75 Å². The first-order chi connectivity index (χ1) is 14.2. The van der Waals surface area contributed by atoms with E-state index in [9.17, 15) is 0 Å². The molecular weight excluding hydrogens is 366 g/mol. The van der Waals surface area contributed by atoms with Crippen LogP contribution in [0.4, 0.5) is 0 Å². The molecule has 1 saturated carbocycles. The molecule has 0 radical (unpaired) electrons. The Bertz CT molecular complexity index is 638. The number of hydrogen-bond donors (Lipinski definition) is 2. The van der Waals surface area contributed by atoms with Crippen LogP contribution in [0.25, 0.3) is 0 Å². The molecule has 1 aromatic rings. The summed E-state index contributed by atoms with van der Waals surface area (Å²) < 4.78 is 17.7. The number of ether oxygens (including phenoxy) is 3. The molecule has 1 aliphatic carbocycles. The summed E-state index contributed by atoms with van der Waals surface area (Å²) in [4.78, 5) is 4.33. The summed E-state index contributed by atoms with van der Waals surface area (Å²) in [5, 5.41) is 6.76. The van der Waals surface area contributed by atoms with Gasteiger partial charge in [0.2, 0.25) is 0 Å². The Hall–Kier alpha value is -1.79. The molecule has 1 aliphatic heterocycles. The van der Waals surface area contributed by atoms with Crippen molar-refractivity contribution in [1.29, 1.82) is 0 Å². The molecule has 0 spiro atoms. The molecule has 2 fully saturated rings. The number of benzene rings is 1. The molecule has 162 valence electrons. The number of nitrogens with one attached hydrogen (secondary N) is 2. The van der Waals surface area contributed by atoms with Gasteiger partial charge in [-0.25, -0.2) is 0 Å². The molecule has 2 aliphatic rings. The number of nitrogens with zero attached hydrogens (tertiary/aromatic N) is 1. The van der Waals surface area contributed by atoms with Crippen molar-refractivity contribution in [3.8, 4) is 5.75 Å². The summed E-state index contributed by atoms with van der Waals surface area (Å²) in [7, 11) is 1.80. The van der Waals surface area contributed by atoms with Crippen molar-refractivity contribution in [2.24, 2.45) is 4.99 Å². The highest BCUT2D eigenvalue weighted by Crippen LogP contribution is 2.22. The SMILES string of the molecule is CN=C(NCCCOC1CCCC1)NCc1ccc(C)cc1OCC1CCCO1. The van der Waals surface area contributed by atoms with Gasteiger partial charge < -0.3 is 24.8 Å². The van der Waals surface area contributed by atoms with Crippen LogP contribution in [0, 0.1) is 6.92 Å². The van der Waals surface area contributed by atoms with Crippen LogP contribution in [-0.4, -0.2) is 51.6 Å². The van der Waals surface area contributed by atoms with E-state index in [0.717, 1.165) is 56.3 Å². The monoisotopic (exact) mass is 403 g/mol. The molecule has 6 heteroatoms. The van der Waals surface area contributed by atoms with Gasteiger partial charge in [0.05, 0.1) is 12.2 Å². The molecule has 1 unspecified atom stereocenters. The molecule has 2 N–H and O–H groups in total. The summed E-state index contributed by atoms with van der Waals surface area (Å²) in [6, 6.07) is 6.34. The zero-order valence-electron chi connectivity index (χ0n) is 18.0. The van der Waals surface area contributed by atoms with E-state index < -0.39 is 0 Å². The molecule has 3 rings (SSSR count). The predicted molar refractivity (Wildman–Crippen MR) is 117 cm³/mol. The highest BCUT2D eigenvalue weighted by molar-refractivity contribution is 5.79. The van der Waals surface area contributed by atoms with Gasteiger partial charge in [-0.15, -0.1) is 0 Å². The zero-order chi connectivity index (χ0) is 20.3. The van der Waals surface area contributed by atoms with E-state index in [4.69, 9.17) is 14.2 Å². The first-order valence-corrected chi connectivity index (χ1v) is 11.1. The van der Waals surface area contributed by atoms with Gasteiger partial charge in [0.15, 0.2) is 5.96 Å². The van der Waals surface area contributed by atoms with Crippen molar-refractivity contribution in [2.75, 3.05) is 33.4 Å². The van der Waals surface area contributed by atoms with Crippen molar-refractivity contribution in [3.63, 3.8) is 0 Å². The van der Waals surface area contributed by atoms with Crippen LogP contribution >= 0.6 is 0 Å². The normalized spacial score (nSPS) is 20.2. The first-order valence-electron chi connectivity index (χ1n) is 11.1. The third-order valence-electron chi connectivity index (χ3n) is 5.61. The minimum atomic E-state index is 0.220. The molecule has 29 heavy (non-hydrogen) atoms. The van der Waals surface area contributed by atoms with E-state index in [1.54, 1.807) is 7.05 Å². The maximum Gasteiger partial charge on any atom is 0.191 e. The molecule has 0 bridgehead atoms. The van der Waals surface area contributed by atoms with Crippen LogP contribution in [0.3, 0.4) is 0 Å². The second-order valence-electron chi connectivity index (χ2n) is 8.04. The fourth-order valence-electron chi connectivity index (χ4n) is 3.88. The van der Waals surface area contributed by atoms with Crippen molar-refractivity contribution < 1.29 is 14.2 Å². The maximum atomic E-state index is 6.09. The third-order valence-corrected chi connectivity index (χ3v) is 5.61. The number of aryl methyl sites for hydroxylation is 1. The summed E-state index contributed by atoms with van der Waals surface area (Å²) >= 11 is 0. The number of aliphatic imine (C=N–C) groups is 1. The Balaban J connectivity index is 1.39. The van der Waals surface area contributed by atoms with Gasteiger partial charge in [0.1, 0.15) is 12.4 Å². The Kier molecular flexibility index (Phi) is 9.09. The first kappa shape index (κ1) is 21.9. The standard InChI is InChI=1S/C23H37N3O3/c1-18-10-11-19(22(15-18)29-17-21-9-5-13-28-21)16-26-23(24-2)25-12-6-14-27-20-7-3-4-8-20/h10-11,15,20-21H,3-9,12-14,16-17H2,1-2H3,(H2,24,25,26). The molecule has 1 atom stereocenters. The number of guanidine groups is 1. The van der Waals surface area contributed by atoms with Crippen molar-refractivity contribution >= 4 is 5.96 Å². The van der Waals surface area contributed by atoms with E-state index >= 15 is 0 Å². The van der Waals surface area contributed by atoms with Gasteiger partial charge in [-0.05, 0) is 50.7 Å². The van der Waals surface area contributed by atoms with Gasteiger partial charge in [0.25, 0.3) is 0 Å². The lowest BCUT2D eigenvalue weighted by Gasteiger charge is -2.17. The molecular formula is C23H37N3O3. The average molecular weight is 404 g/mol. The van der Waals surface area contributed by atoms with Crippen LogP contribution in [0.1, 0.15) is 56.1 Å². The molecule has 1 saturated heterocycles. The Morgan fingerprint density at radius 2 is 2.03 bits per heavy atom. The zero-order valence-corrected chi connectivity index (χ0v) is 18.0. The van der Waals surface area contributed by atoms with Crippen LogP contribution in [0.2, 0.25) is 0 Å². The molecule has 1 aromatic carbocycles. The quantitative estimate of drug-likeness (QED) is 0.355. The highest BCUT2D eigenvalue weighted by atomic mass is 16.5. The van der Waals surface area contributed by atoms with E-state index in [1.165, 1.54) is 31.2 Å². The lowest BCUT2D eigenvalue weighted by Crippen LogP contribution is -2.37. The van der Waals surface area contributed by atoms with Crippen molar-refractivity contribution in [2.45, 2.75) is 70.6 Å². The summed E-state index contributed by atoms with van der Waals surface area (Å²) in [6.07, 6.45) is 8.99. The second kappa shape index (κ2) is 12.0. The smallest absolute Gasteiger partial charge is 0.191 e. The predicted octanol–water partition coefficient (Wildman–Crippen LogP) is 3.57. The summed E-state index contributed by atoms with van der Waals surface area (Å²) in [5.74, 6) is 1.73. The third kappa shape index (κ3) is 7.52. The van der Waals surface area contributed by atoms with Gasteiger partial charge in [0, 0.05) is 38.9 Å². The lowest BCUT2D eigenvalue weighted by molar-refractivity contribution is 0.0574. The van der Waals surface area contributed by atoms with E-state index in [0.29, 0.717) is 19.3 Å². The minimum Gasteiger partial charge on any atom is -0.491 e. The van der Waals surface area contributed by atoms with Crippen molar-refractivity contribution in [3.05, 3.63) is 29.3 Å². The Morgan fingerprint density at radius 3 is 2.79 bits per heavy atom. The van der Waals surface area contributed by atoms with E-state index in [-0.39, 0.29) is 6.10 Å². The van der Waals surface area contributed by atoms with Gasteiger partial charge >= 0.3 is 0 Å². The summed E-state index contributed by atoms with van der Waals surface area (Å²) in [6.45, 7) is 5.88. The average Bonchev–Trinajstić information content (AvgIpc) is 3.43. The molecule has 1 heterocycles. The fourth-order valence-corrected chi connectivity index (χ4v) is 3.88. The van der Waals surface area contributed by atoms with E-state index in [2.05, 4.69) is 40.7 Å². The number of hydrogen-bond acceptors (Lipinski definition) is 4. The van der Waals surface area contributed by atoms with Crippen LogP contribution in [-0.2, 0) is 16.0 Å². The molecule has 6 nitrogen and oxygen atoms in total.